The Labute approximate surface area is 173 Å². The fourth-order valence-electron chi connectivity index (χ4n) is 4.36. The van der Waals surface area contributed by atoms with Crippen molar-refractivity contribution in [2.24, 2.45) is 5.92 Å². The Hall–Kier alpha value is -2.29. The molecule has 2 saturated heterocycles. The molecule has 2 aromatic heterocycles. The lowest BCUT2D eigenvalue weighted by Gasteiger charge is -2.35. The van der Waals surface area contributed by atoms with Crippen molar-refractivity contribution in [2.45, 2.75) is 18.9 Å². The molecule has 0 spiro atoms. The molecule has 0 unspecified atom stereocenters. The van der Waals surface area contributed by atoms with Crippen LogP contribution in [0.3, 0.4) is 0 Å². The first-order valence-electron chi connectivity index (χ1n) is 10.2. The molecule has 3 aromatic rings. The monoisotopic (exact) mass is 411 g/mol. The number of hydrogen-bond acceptors (Lipinski definition) is 8. The van der Waals surface area contributed by atoms with Crippen molar-refractivity contribution in [3.05, 3.63) is 40.6 Å². The number of nitrogens with zero attached hydrogens (tertiary/aromatic N) is 5. The molecule has 29 heavy (non-hydrogen) atoms. The van der Waals surface area contributed by atoms with Crippen LogP contribution in [0.2, 0.25) is 0 Å². The SMILES string of the molecule is O[C@H](c1cccs1)[C@H]1CCCN(c2nnnc3cc(N4CCOCC4)ccc23)C1. The van der Waals surface area contributed by atoms with Crippen molar-refractivity contribution >= 4 is 33.7 Å². The second kappa shape index (κ2) is 8.22. The van der Waals surface area contributed by atoms with Gasteiger partial charge < -0.3 is 19.6 Å². The van der Waals surface area contributed by atoms with E-state index in [0.29, 0.717) is 0 Å². The van der Waals surface area contributed by atoms with E-state index in [-0.39, 0.29) is 5.92 Å². The second-order valence-corrected chi connectivity index (χ2v) is 8.70. The van der Waals surface area contributed by atoms with E-state index >= 15 is 0 Å². The third-order valence-corrected chi connectivity index (χ3v) is 6.87. The summed E-state index contributed by atoms with van der Waals surface area (Å²) in [6, 6.07) is 10.4. The van der Waals surface area contributed by atoms with Gasteiger partial charge >= 0.3 is 0 Å². The highest BCUT2D eigenvalue weighted by molar-refractivity contribution is 7.10. The van der Waals surface area contributed by atoms with Gasteiger partial charge in [0.25, 0.3) is 0 Å². The fourth-order valence-corrected chi connectivity index (χ4v) is 5.17. The minimum Gasteiger partial charge on any atom is -0.387 e. The fraction of sp³-hybridized carbons (Fsp3) is 0.476. The van der Waals surface area contributed by atoms with Gasteiger partial charge in [-0.1, -0.05) is 6.07 Å². The van der Waals surface area contributed by atoms with Crippen LogP contribution in [-0.2, 0) is 4.74 Å². The highest BCUT2D eigenvalue weighted by Gasteiger charge is 2.29. The summed E-state index contributed by atoms with van der Waals surface area (Å²) in [4.78, 5) is 5.62. The van der Waals surface area contributed by atoms with Crippen LogP contribution in [-0.4, -0.2) is 59.9 Å². The zero-order valence-corrected chi connectivity index (χ0v) is 17.1. The summed E-state index contributed by atoms with van der Waals surface area (Å²) in [5, 5.41) is 26.6. The van der Waals surface area contributed by atoms with Crippen LogP contribution < -0.4 is 9.80 Å². The molecule has 2 fully saturated rings. The Morgan fingerprint density at radius 2 is 2.00 bits per heavy atom. The molecule has 5 rings (SSSR count). The Kier molecular flexibility index (Phi) is 5.30. The quantitative estimate of drug-likeness (QED) is 0.707. The number of aliphatic hydroxyl groups excluding tert-OH is 1. The standard InChI is InChI=1S/C21H25N5O2S/c27-20(19-4-2-12-29-19)15-3-1-7-26(14-15)21-17-6-5-16(13-18(17)22-24-23-21)25-8-10-28-11-9-25/h2,4-6,12-13,15,20,27H,1,3,7-11,14H2/t15-,20-/m0/s1. The van der Waals surface area contributed by atoms with E-state index in [0.717, 1.165) is 79.5 Å². The predicted octanol–water partition coefficient (Wildman–Crippen LogP) is 2.87. The lowest BCUT2D eigenvalue weighted by molar-refractivity contribution is 0.101. The van der Waals surface area contributed by atoms with E-state index in [1.807, 2.05) is 17.5 Å². The van der Waals surface area contributed by atoms with Crippen LogP contribution in [0.4, 0.5) is 11.5 Å². The molecule has 0 saturated carbocycles. The summed E-state index contributed by atoms with van der Waals surface area (Å²) >= 11 is 1.62. The van der Waals surface area contributed by atoms with Crippen LogP contribution in [0.25, 0.3) is 10.9 Å². The van der Waals surface area contributed by atoms with Crippen molar-refractivity contribution < 1.29 is 9.84 Å². The number of ether oxygens (including phenoxy) is 1. The van der Waals surface area contributed by atoms with Crippen LogP contribution in [0.5, 0.6) is 0 Å². The van der Waals surface area contributed by atoms with Gasteiger partial charge in [0.05, 0.1) is 19.3 Å². The number of hydrogen-bond donors (Lipinski definition) is 1. The van der Waals surface area contributed by atoms with Crippen molar-refractivity contribution in [3.8, 4) is 0 Å². The number of aromatic nitrogens is 3. The smallest absolute Gasteiger partial charge is 0.162 e. The third-order valence-electron chi connectivity index (χ3n) is 5.93. The summed E-state index contributed by atoms with van der Waals surface area (Å²) in [6.07, 6.45) is 1.63. The molecule has 7 nitrogen and oxygen atoms in total. The Balaban J connectivity index is 1.40. The molecule has 8 heteroatoms. The molecule has 2 aliphatic heterocycles. The summed E-state index contributed by atoms with van der Waals surface area (Å²) in [5.74, 6) is 1.06. The van der Waals surface area contributed by atoms with Gasteiger partial charge in [0.15, 0.2) is 5.82 Å². The van der Waals surface area contributed by atoms with E-state index in [2.05, 4.69) is 43.4 Å². The average Bonchev–Trinajstić information content (AvgIpc) is 3.33. The van der Waals surface area contributed by atoms with Gasteiger partial charge in [-0.15, -0.1) is 21.5 Å². The number of thiophene rings is 1. The molecule has 0 aliphatic carbocycles. The molecular weight excluding hydrogens is 386 g/mol. The number of morpholine rings is 1. The lowest BCUT2D eigenvalue weighted by atomic mass is 9.91. The highest BCUT2D eigenvalue weighted by atomic mass is 32.1. The Bertz CT molecular complexity index is 961. The number of benzene rings is 1. The molecule has 0 amide bonds. The Morgan fingerprint density at radius 3 is 2.83 bits per heavy atom. The number of anilines is 2. The normalized spacial score (nSPS) is 21.5. The van der Waals surface area contributed by atoms with Gasteiger partial charge in [-0.25, -0.2) is 0 Å². The van der Waals surface area contributed by atoms with Crippen molar-refractivity contribution in [2.75, 3.05) is 49.2 Å². The molecule has 1 aromatic carbocycles. The van der Waals surface area contributed by atoms with Crippen LogP contribution in [0, 0.1) is 5.92 Å². The zero-order chi connectivity index (χ0) is 19.6. The van der Waals surface area contributed by atoms with Gasteiger partial charge in [-0.3, -0.25) is 0 Å². The maximum atomic E-state index is 10.8. The molecule has 1 N–H and O–H groups in total. The number of fused-ring (bicyclic) bond motifs is 1. The van der Waals surface area contributed by atoms with Crippen LogP contribution in [0.1, 0.15) is 23.8 Å². The summed E-state index contributed by atoms with van der Waals surface area (Å²) in [7, 11) is 0. The van der Waals surface area contributed by atoms with Crippen LogP contribution >= 0.6 is 11.3 Å². The predicted molar refractivity (Wildman–Crippen MR) is 115 cm³/mol. The molecule has 152 valence electrons. The van der Waals surface area contributed by atoms with Gasteiger partial charge in [-0.2, -0.15) is 0 Å². The maximum absolute atomic E-state index is 10.8. The minimum absolute atomic E-state index is 0.194. The first-order chi connectivity index (χ1) is 14.3. The largest absolute Gasteiger partial charge is 0.387 e. The molecule has 4 heterocycles. The zero-order valence-electron chi connectivity index (χ0n) is 16.3. The summed E-state index contributed by atoms with van der Waals surface area (Å²) in [6.45, 7) is 5.00. The first-order valence-corrected chi connectivity index (χ1v) is 11.1. The highest BCUT2D eigenvalue weighted by Crippen LogP contribution is 2.35. The minimum atomic E-state index is -0.424. The van der Waals surface area contributed by atoms with E-state index in [1.165, 1.54) is 0 Å². The topological polar surface area (TPSA) is 74.6 Å². The van der Waals surface area contributed by atoms with Crippen molar-refractivity contribution in [3.63, 3.8) is 0 Å². The molecule has 2 aliphatic rings. The number of aliphatic hydroxyl groups is 1. The second-order valence-electron chi connectivity index (χ2n) is 7.72. The third kappa shape index (κ3) is 3.80. The lowest BCUT2D eigenvalue weighted by Crippen LogP contribution is -2.38. The van der Waals surface area contributed by atoms with Crippen molar-refractivity contribution in [1.82, 2.24) is 15.4 Å². The Morgan fingerprint density at radius 1 is 1.10 bits per heavy atom. The van der Waals surface area contributed by atoms with Crippen LogP contribution in [0.15, 0.2) is 35.7 Å². The van der Waals surface area contributed by atoms with Gasteiger partial charge in [0.2, 0.25) is 0 Å². The van der Waals surface area contributed by atoms with Gasteiger partial charge in [-0.05, 0) is 47.7 Å². The molecule has 2 atom stereocenters. The molecule has 0 radical (unpaired) electrons. The van der Waals surface area contributed by atoms with E-state index in [9.17, 15) is 5.11 Å². The van der Waals surface area contributed by atoms with Crippen molar-refractivity contribution in [1.29, 1.82) is 0 Å². The maximum Gasteiger partial charge on any atom is 0.162 e. The van der Waals surface area contributed by atoms with Gasteiger partial charge in [0.1, 0.15) is 5.52 Å². The van der Waals surface area contributed by atoms with E-state index in [4.69, 9.17) is 4.74 Å². The molecular formula is C21H25N5O2S. The van der Waals surface area contributed by atoms with Gasteiger partial charge in [0, 0.05) is 48.0 Å². The summed E-state index contributed by atoms with van der Waals surface area (Å²) < 4.78 is 5.46. The first kappa shape index (κ1) is 18.7. The number of rotatable bonds is 4. The number of piperidine rings is 1. The molecule has 0 bridgehead atoms. The summed E-state index contributed by atoms with van der Waals surface area (Å²) in [5.41, 5.74) is 2.01. The van der Waals surface area contributed by atoms with E-state index in [1.54, 1.807) is 11.3 Å². The van der Waals surface area contributed by atoms with E-state index < -0.39 is 6.10 Å². The average molecular weight is 412 g/mol.